The number of anilines is 1. The lowest BCUT2D eigenvalue weighted by Crippen LogP contribution is -2.55. The Bertz CT molecular complexity index is 1900. The molecule has 1 aromatic carbocycles. The number of hydrogen-bond donors (Lipinski definition) is 2. The van der Waals surface area contributed by atoms with Crippen LogP contribution in [0.2, 0.25) is 0 Å². The molecule has 358 valence electrons. The minimum atomic E-state index is -0.894. The van der Waals surface area contributed by atoms with E-state index in [4.69, 9.17) is 4.74 Å². The molecule has 4 amide bonds. The Morgan fingerprint density at radius 2 is 1.26 bits per heavy atom. The van der Waals surface area contributed by atoms with Crippen molar-refractivity contribution < 1.29 is 19.1 Å². The van der Waals surface area contributed by atoms with Gasteiger partial charge in [0.15, 0.2) is 0 Å². The van der Waals surface area contributed by atoms with Crippen LogP contribution in [0.15, 0.2) is 48.9 Å². The Hall–Kier alpha value is -4.39. The number of rotatable bonds is 13. The van der Waals surface area contributed by atoms with Crippen LogP contribution in [0.3, 0.4) is 0 Å². The van der Waals surface area contributed by atoms with E-state index >= 15 is 0 Å². The van der Waals surface area contributed by atoms with Gasteiger partial charge in [0.25, 0.3) is 5.91 Å². The maximum Gasteiger partial charge on any atom is 0.325 e. The molecule has 3 aromatic rings. The lowest BCUT2D eigenvalue weighted by Gasteiger charge is -2.37. The highest BCUT2D eigenvalue weighted by atomic mass is 16.5. The normalized spacial score (nSPS) is 20.1. The molecule has 0 atom stereocenters. The number of aromatic nitrogens is 5. The van der Waals surface area contributed by atoms with Crippen molar-refractivity contribution in [2.45, 2.75) is 200 Å². The van der Waals surface area contributed by atoms with Gasteiger partial charge in [0.2, 0.25) is 11.9 Å². The number of carbonyl (C=O) groups is 3. The van der Waals surface area contributed by atoms with Gasteiger partial charge in [0, 0.05) is 55.0 Å². The number of urea groups is 1. The van der Waals surface area contributed by atoms with Gasteiger partial charge >= 0.3 is 6.03 Å². The van der Waals surface area contributed by atoms with Crippen molar-refractivity contribution in [3.63, 3.8) is 0 Å². The average Bonchev–Trinajstić information content (AvgIpc) is 3.81. The number of piperidine rings is 1. The predicted molar refractivity (Wildman–Crippen MR) is 258 cm³/mol. The van der Waals surface area contributed by atoms with Crippen LogP contribution in [-0.2, 0) is 27.4 Å². The van der Waals surface area contributed by atoms with Crippen molar-refractivity contribution >= 4 is 23.8 Å². The Morgan fingerprint density at radius 1 is 0.738 bits per heavy atom. The summed E-state index contributed by atoms with van der Waals surface area (Å²) in [6, 6.07) is 9.24. The number of hydrogen-bond acceptors (Lipinski definition) is 9. The second kappa shape index (κ2) is 23.9. The molecule has 3 aliphatic rings. The van der Waals surface area contributed by atoms with Crippen LogP contribution in [-0.4, -0.2) is 85.1 Å². The summed E-state index contributed by atoms with van der Waals surface area (Å²) in [6.07, 6.45) is 31.6. The van der Waals surface area contributed by atoms with Gasteiger partial charge in [0.05, 0.1) is 26.0 Å². The minimum absolute atomic E-state index is 0.132. The van der Waals surface area contributed by atoms with Crippen LogP contribution in [0.4, 0.5) is 10.7 Å². The highest BCUT2D eigenvalue weighted by molar-refractivity contribution is 6.07. The minimum Gasteiger partial charge on any atom is -0.380 e. The number of ether oxygens (including phenoxy) is 1. The number of carbonyl (C=O) groups excluding carboxylic acids is 3. The molecular formula is C52H81N9O4. The topological polar surface area (TPSA) is 147 Å². The van der Waals surface area contributed by atoms with E-state index in [1.165, 1.54) is 114 Å². The van der Waals surface area contributed by atoms with Gasteiger partial charge in [-0.2, -0.15) is 0 Å². The molecule has 6 rings (SSSR count). The number of nitrogens with zero attached hydrogens (tertiary/aromatic N) is 7. The second-order valence-electron chi connectivity index (χ2n) is 21.6. The molecule has 1 saturated carbocycles. The van der Waals surface area contributed by atoms with E-state index in [1.54, 1.807) is 12.4 Å². The van der Waals surface area contributed by atoms with Gasteiger partial charge in [-0.05, 0) is 43.6 Å². The largest absolute Gasteiger partial charge is 0.380 e. The smallest absolute Gasteiger partial charge is 0.325 e. The molecule has 2 saturated heterocycles. The zero-order valence-electron chi connectivity index (χ0n) is 40.7. The Labute approximate surface area is 390 Å². The monoisotopic (exact) mass is 896 g/mol. The van der Waals surface area contributed by atoms with E-state index in [2.05, 4.69) is 70.4 Å². The molecule has 13 nitrogen and oxygen atoms in total. The fraction of sp³-hybridized carbons (Fsp3) is 0.712. The van der Waals surface area contributed by atoms with Gasteiger partial charge < -0.3 is 20.3 Å². The molecule has 0 unspecified atom stereocenters. The van der Waals surface area contributed by atoms with E-state index in [0.717, 1.165) is 24.0 Å². The summed E-state index contributed by atoms with van der Waals surface area (Å²) >= 11 is 0. The molecule has 65 heavy (non-hydrogen) atoms. The Kier molecular flexibility index (Phi) is 18.4. The molecule has 3 fully saturated rings. The van der Waals surface area contributed by atoms with Crippen LogP contribution in [0.5, 0.6) is 0 Å². The Morgan fingerprint density at radius 3 is 1.82 bits per heavy atom. The second-order valence-corrected chi connectivity index (χ2v) is 21.6. The molecule has 2 aromatic heterocycles. The van der Waals surface area contributed by atoms with Crippen molar-refractivity contribution in [3.05, 3.63) is 54.5 Å². The third-order valence-corrected chi connectivity index (χ3v) is 13.9. The lowest BCUT2D eigenvalue weighted by molar-refractivity contribution is -0.132. The van der Waals surface area contributed by atoms with Crippen LogP contribution in [0.25, 0.3) is 11.3 Å². The molecule has 0 radical (unpaired) electrons. The van der Waals surface area contributed by atoms with E-state index in [9.17, 15) is 14.4 Å². The van der Waals surface area contributed by atoms with Crippen molar-refractivity contribution in [2.75, 3.05) is 31.2 Å². The zero-order chi connectivity index (χ0) is 46.2. The van der Waals surface area contributed by atoms with E-state index in [-0.39, 0.29) is 40.8 Å². The van der Waals surface area contributed by atoms with Gasteiger partial charge in [-0.1, -0.05) is 172 Å². The summed E-state index contributed by atoms with van der Waals surface area (Å²) in [7, 11) is 0. The highest BCUT2D eigenvalue weighted by Gasteiger charge is 2.52. The molecule has 13 heteroatoms. The van der Waals surface area contributed by atoms with E-state index < -0.39 is 5.54 Å². The number of amides is 4. The Balaban J connectivity index is 0.921. The average molecular weight is 896 g/mol. The van der Waals surface area contributed by atoms with Gasteiger partial charge in [0.1, 0.15) is 11.2 Å². The SMILES string of the molecule is CC(C)(COCC(C)(C)Cn1cc(-c2cnc(N3CCC4(CC3)NC(=O)N(Cc3ccccc3)C4=O)nc2)nn1)CC(=O)NC1(C)CCCCCCCCCCCCCCCCCCC1. The fourth-order valence-corrected chi connectivity index (χ4v) is 10.0. The van der Waals surface area contributed by atoms with Gasteiger partial charge in [-0.15, -0.1) is 5.10 Å². The summed E-state index contributed by atoms with van der Waals surface area (Å²) in [4.78, 5) is 52.6. The van der Waals surface area contributed by atoms with Crippen molar-refractivity contribution in [3.8, 4) is 11.3 Å². The molecule has 0 bridgehead atoms. The first kappa shape index (κ1) is 50.0. The molecule has 2 N–H and O–H groups in total. The lowest BCUT2D eigenvalue weighted by atomic mass is 9.85. The van der Waals surface area contributed by atoms with Crippen LogP contribution >= 0.6 is 0 Å². The van der Waals surface area contributed by atoms with Crippen LogP contribution < -0.4 is 15.5 Å². The summed E-state index contributed by atoms with van der Waals surface area (Å²) in [5.74, 6) is 0.541. The maximum absolute atomic E-state index is 13.6. The first-order valence-electron chi connectivity index (χ1n) is 25.3. The zero-order valence-corrected chi connectivity index (χ0v) is 40.7. The van der Waals surface area contributed by atoms with Gasteiger partial charge in [-0.3, -0.25) is 19.2 Å². The summed E-state index contributed by atoms with van der Waals surface area (Å²) in [5, 5.41) is 15.4. The third-order valence-electron chi connectivity index (χ3n) is 13.9. The molecule has 1 spiro atoms. The van der Waals surface area contributed by atoms with Gasteiger partial charge in [-0.25, -0.2) is 14.8 Å². The first-order chi connectivity index (χ1) is 31.2. The predicted octanol–water partition coefficient (Wildman–Crippen LogP) is 10.6. The molecule has 4 heterocycles. The van der Waals surface area contributed by atoms with Crippen LogP contribution in [0.1, 0.15) is 181 Å². The summed E-state index contributed by atoms with van der Waals surface area (Å²) in [6.45, 7) is 13.8. The third kappa shape index (κ3) is 15.6. The first-order valence-corrected chi connectivity index (χ1v) is 25.3. The molecule has 1 aliphatic carbocycles. The standard InChI is InChI=1S/C52H81N9O4/c1-49(2,34-45(62)55-51(5)28-24-19-17-15-13-11-9-7-6-8-10-12-14-16-18-20-25-29-51)40-65-41-50(3,4)39-60-38-44(57-58-60)43-35-53-47(54-36-43)59-32-30-52(31-33-59)46(63)61(48(64)56-52)37-42-26-22-21-23-27-42/h21-23,26-27,35-36,38H,6-20,24-25,28-34,37,39-41H2,1-5H3,(H,55,62)(H,56,64). The number of benzene rings is 1. The van der Waals surface area contributed by atoms with E-state index in [0.29, 0.717) is 63.8 Å². The highest BCUT2D eigenvalue weighted by Crippen LogP contribution is 2.33. The van der Waals surface area contributed by atoms with E-state index in [1.807, 2.05) is 41.2 Å². The quantitative estimate of drug-likeness (QED) is 0.160. The van der Waals surface area contributed by atoms with Crippen molar-refractivity contribution in [2.24, 2.45) is 10.8 Å². The summed E-state index contributed by atoms with van der Waals surface area (Å²) < 4.78 is 8.18. The van der Waals surface area contributed by atoms with Crippen molar-refractivity contribution in [1.82, 2.24) is 40.5 Å². The molecular weight excluding hydrogens is 815 g/mol. The van der Waals surface area contributed by atoms with Crippen molar-refractivity contribution in [1.29, 1.82) is 0 Å². The summed E-state index contributed by atoms with van der Waals surface area (Å²) in [5.41, 5.74) is 0.761. The maximum atomic E-state index is 13.6. The van der Waals surface area contributed by atoms with Crippen LogP contribution in [0, 0.1) is 10.8 Å². The number of nitrogens with one attached hydrogen (secondary N) is 2. The molecule has 2 aliphatic heterocycles. The fourth-order valence-electron chi connectivity index (χ4n) is 10.0. The number of imide groups is 1.